The summed E-state index contributed by atoms with van der Waals surface area (Å²) in [5, 5.41) is 3.09. The molecule has 168 valence electrons. The van der Waals surface area contributed by atoms with Crippen molar-refractivity contribution in [3.05, 3.63) is 65.7 Å². The first-order valence-corrected chi connectivity index (χ1v) is 10.9. The smallest absolute Gasteiger partial charge is 0.253 e. The first-order valence-electron chi connectivity index (χ1n) is 10.9. The number of nitrogens with one attached hydrogen (secondary N) is 1. The molecule has 8 heteroatoms. The number of ether oxygens (including phenoxy) is 1. The van der Waals surface area contributed by atoms with Crippen molar-refractivity contribution in [1.29, 1.82) is 0 Å². The SMILES string of the molecule is COc1ccc(-n2c(C)cc(C(=O)NCCN3CCN(c4ncccn4)CC3)c2C)cc1. The van der Waals surface area contributed by atoms with Gasteiger partial charge in [-0.2, -0.15) is 0 Å². The zero-order valence-electron chi connectivity index (χ0n) is 18.9. The van der Waals surface area contributed by atoms with Crippen LogP contribution in [0.4, 0.5) is 5.95 Å². The number of anilines is 1. The van der Waals surface area contributed by atoms with Gasteiger partial charge in [0.15, 0.2) is 0 Å². The van der Waals surface area contributed by atoms with Crippen LogP contribution in [0.1, 0.15) is 21.7 Å². The number of nitrogens with zero attached hydrogens (tertiary/aromatic N) is 5. The lowest BCUT2D eigenvalue weighted by molar-refractivity contribution is 0.0947. The van der Waals surface area contributed by atoms with E-state index in [-0.39, 0.29) is 5.91 Å². The second kappa shape index (κ2) is 9.82. The molecule has 32 heavy (non-hydrogen) atoms. The highest BCUT2D eigenvalue weighted by atomic mass is 16.5. The summed E-state index contributed by atoms with van der Waals surface area (Å²) >= 11 is 0. The Labute approximate surface area is 188 Å². The minimum atomic E-state index is -0.0332. The van der Waals surface area contributed by atoms with E-state index < -0.39 is 0 Å². The van der Waals surface area contributed by atoms with Crippen molar-refractivity contribution in [3.8, 4) is 11.4 Å². The number of carbonyl (C=O) groups is 1. The summed E-state index contributed by atoms with van der Waals surface area (Å²) in [4.78, 5) is 26.1. The number of amides is 1. The molecule has 0 saturated carbocycles. The van der Waals surface area contributed by atoms with Gasteiger partial charge >= 0.3 is 0 Å². The fourth-order valence-corrected chi connectivity index (χ4v) is 4.17. The van der Waals surface area contributed by atoms with Crippen molar-refractivity contribution in [2.75, 3.05) is 51.3 Å². The summed E-state index contributed by atoms with van der Waals surface area (Å²) in [6.45, 7) is 9.09. The molecule has 1 fully saturated rings. The molecular formula is C24H30N6O2. The standard InChI is InChI=1S/C24H30N6O2/c1-18-17-22(19(2)30(18)20-5-7-21(32-3)8-6-20)23(31)25-11-12-28-13-15-29(16-14-28)24-26-9-4-10-27-24/h4-10,17H,11-16H2,1-3H3,(H,25,31). The second-order valence-electron chi connectivity index (χ2n) is 7.95. The monoisotopic (exact) mass is 434 g/mol. The number of aryl methyl sites for hydroxylation is 1. The third kappa shape index (κ3) is 4.75. The predicted molar refractivity (Wildman–Crippen MR) is 125 cm³/mol. The number of hydrogen-bond donors (Lipinski definition) is 1. The van der Waals surface area contributed by atoms with Crippen LogP contribution >= 0.6 is 0 Å². The van der Waals surface area contributed by atoms with Crippen LogP contribution in [0, 0.1) is 13.8 Å². The highest BCUT2D eigenvalue weighted by molar-refractivity contribution is 5.95. The topological polar surface area (TPSA) is 75.5 Å². The fraction of sp³-hybridized carbons (Fsp3) is 0.375. The zero-order chi connectivity index (χ0) is 22.5. The Morgan fingerprint density at radius 3 is 2.41 bits per heavy atom. The molecule has 1 N–H and O–H groups in total. The van der Waals surface area contributed by atoms with Crippen molar-refractivity contribution in [1.82, 2.24) is 24.8 Å². The molecule has 0 spiro atoms. The number of hydrogen-bond acceptors (Lipinski definition) is 6. The summed E-state index contributed by atoms with van der Waals surface area (Å²) in [6, 6.07) is 11.6. The largest absolute Gasteiger partial charge is 0.497 e. The molecule has 0 aliphatic carbocycles. The van der Waals surface area contributed by atoms with E-state index in [0.29, 0.717) is 12.1 Å². The third-order valence-corrected chi connectivity index (χ3v) is 5.93. The molecule has 1 amide bonds. The first-order chi connectivity index (χ1) is 15.6. The minimum absolute atomic E-state index is 0.0332. The maximum absolute atomic E-state index is 12.9. The molecule has 0 unspecified atom stereocenters. The van der Waals surface area contributed by atoms with Gasteiger partial charge in [0.1, 0.15) is 5.75 Å². The molecule has 1 aliphatic heterocycles. The Morgan fingerprint density at radius 1 is 1.06 bits per heavy atom. The lowest BCUT2D eigenvalue weighted by Gasteiger charge is -2.34. The van der Waals surface area contributed by atoms with Gasteiger partial charge in [0.2, 0.25) is 5.95 Å². The van der Waals surface area contributed by atoms with E-state index in [1.807, 2.05) is 50.2 Å². The number of carbonyl (C=O) groups excluding carboxylic acids is 1. The second-order valence-corrected chi connectivity index (χ2v) is 7.95. The molecule has 0 atom stereocenters. The summed E-state index contributed by atoms with van der Waals surface area (Å²) in [5.74, 6) is 1.56. The van der Waals surface area contributed by atoms with Gasteiger partial charge in [-0.25, -0.2) is 9.97 Å². The third-order valence-electron chi connectivity index (χ3n) is 5.93. The van der Waals surface area contributed by atoms with Gasteiger partial charge in [-0.15, -0.1) is 0 Å². The lowest BCUT2D eigenvalue weighted by atomic mass is 10.2. The van der Waals surface area contributed by atoms with Crippen LogP contribution in [0.25, 0.3) is 5.69 Å². The number of rotatable bonds is 7. The van der Waals surface area contributed by atoms with E-state index in [1.165, 1.54) is 0 Å². The average Bonchev–Trinajstić information content (AvgIpc) is 3.14. The van der Waals surface area contributed by atoms with E-state index in [0.717, 1.165) is 61.5 Å². The fourth-order valence-electron chi connectivity index (χ4n) is 4.17. The molecule has 1 aliphatic rings. The van der Waals surface area contributed by atoms with E-state index in [9.17, 15) is 4.79 Å². The average molecular weight is 435 g/mol. The van der Waals surface area contributed by atoms with Crippen molar-refractivity contribution in [2.45, 2.75) is 13.8 Å². The van der Waals surface area contributed by atoms with E-state index in [2.05, 4.69) is 29.7 Å². The Morgan fingerprint density at radius 2 is 1.75 bits per heavy atom. The molecule has 4 rings (SSSR count). The summed E-state index contributed by atoms with van der Waals surface area (Å²) in [6.07, 6.45) is 3.55. The molecule has 0 radical (unpaired) electrons. The Hall–Kier alpha value is -3.39. The normalized spacial score (nSPS) is 14.4. The Balaban J connectivity index is 1.30. The maximum Gasteiger partial charge on any atom is 0.253 e. The van der Waals surface area contributed by atoms with Crippen LogP contribution in [0.5, 0.6) is 5.75 Å². The summed E-state index contributed by atoms with van der Waals surface area (Å²) in [7, 11) is 1.65. The lowest BCUT2D eigenvalue weighted by Crippen LogP contribution is -2.49. The zero-order valence-corrected chi connectivity index (χ0v) is 18.9. The van der Waals surface area contributed by atoms with E-state index in [1.54, 1.807) is 19.5 Å². The van der Waals surface area contributed by atoms with Crippen LogP contribution in [0.2, 0.25) is 0 Å². The number of aromatic nitrogens is 3. The molecule has 8 nitrogen and oxygen atoms in total. The van der Waals surface area contributed by atoms with Gasteiger partial charge in [0, 0.05) is 68.7 Å². The van der Waals surface area contributed by atoms with Crippen LogP contribution in [-0.2, 0) is 0 Å². The quantitative estimate of drug-likeness (QED) is 0.616. The van der Waals surface area contributed by atoms with Crippen LogP contribution < -0.4 is 15.0 Å². The van der Waals surface area contributed by atoms with Crippen molar-refractivity contribution in [3.63, 3.8) is 0 Å². The van der Waals surface area contributed by atoms with Gasteiger partial charge in [0.25, 0.3) is 5.91 Å². The molecule has 1 aromatic carbocycles. The minimum Gasteiger partial charge on any atom is -0.497 e. The van der Waals surface area contributed by atoms with E-state index in [4.69, 9.17) is 4.74 Å². The predicted octanol–water partition coefficient (Wildman–Crippen LogP) is 2.44. The number of benzene rings is 1. The Bertz CT molecular complexity index is 1040. The Kier molecular flexibility index (Phi) is 6.70. The summed E-state index contributed by atoms with van der Waals surface area (Å²) in [5.41, 5.74) is 3.68. The van der Waals surface area contributed by atoms with Crippen molar-refractivity contribution < 1.29 is 9.53 Å². The maximum atomic E-state index is 12.9. The molecule has 1 saturated heterocycles. The highest BCUT2D eigenvalue weighted by Gasteiger charge is 2.20. The van der Waals surface area contributed by atoms with Crippen molar-refractivity contribution >= 4 is 11.9 Å². The molecule has 3 aromatic rings. The summed E-state index contributed by atoms with van der Waals surface area (Å²) < 4.78 is 7.34. The van der Waals surface area contributed by atoms with Gasteiger partial charge in [-0.3, -0.25) is 9.69 Å². The van der Waals surface area contributed by atoms with Crippen LogP contribution in [0.15, 0.2) is 48.8 Å². The number of piperazine rings is 1. The molecular weight excluding hydrogens is 404 g/mol. The molecule has 3 heterocycles. The van der Waals surface area contributed by atoms with E-state index >= 15 is 0 Å². The highest BCUT2D eigenvalue weighted by Crippen LogP contribution is 2.22. The van der Waals surface area contributed by atoms with Crippen LogP contribution in [0.3, 0.4) is 0 Å². The van der Waals surface area contributed by atoms with Gasteiger partial charge in [0.05, 0.1) is 12.7 Å². The van der Waals surface area contributed by atoms with Gasteiger partial charge < -0.3 is 19.5 Å². The van der Waals surface area contributed by atoms with Crippen molar-refractivity contribution in [2.24, 2.45) is 0 Å². The number of methoxy groups -OCH3 is 1. The van der Waals surface area contributed by atoms with Gasteiger partial charge in [-0.05, 0) is 50.2 Å². The molecule has 2 aromatic heterocycles. The first kappa shape index (κ1) is 21.8. The molecule has 0 bridgehead atoms. The van der Waals surface area contributed by atoms with Crippen LogP contribution in [-0.4, -0.2) is 71.7 Å². The van der Waals surface area contributed by atoms with Gasteiger partial charge in [-0.1, -0.05) is 0 Å².